The van der Waals surface area contributed by atoms with Crippen LogP contribution >= 0.6 is 0 Å². The number of unbranched alkanes of at least 4 members (excludes halogenated alkanes) is 1. The van der Waals surface area contributed by atoms with Crippen LogP contribution in [0, 0.1) is 0 Å². The molecule has 29 heavy (non-hydrogen) atoms. The van der Waals surface area contributed by atoms with Crippen LogP contribution in [0.1, 0.15) is 90.3 Å². The molecule has 1 nitrogen and oxygen atoms in total. The standard InChI is InChI=1S/C27H28BN/c1-4-5-6-9-20-16-25-27-22(12-8-13-23(20)27)18(3)29-17(2)21-11-7-10-19-14-15-24(26(19)21)28(25)29/h4,7-8,10-18,20,24H,1,5-6,9H2,2-3H3. The molecule has 2 aromatic carbocycles. The highest BCUT2D eigenvalue weighted by Gasteiger charge is 2.52. The van der Waals surface area contributed by atoms with Gasteiger partial charge >= 0.3 is 0 Å². The third-order valence-corrected chi connectivity index (χ3v) is 7.89. The second-order valence-electron chi connectivity index (χ2n) is 9.24. The summed E-state index contributed by atoms with van der Waals surface area (Å²) in [5.74, 6) is 1.05. The van der Waals surface area contributed by atoms with Crippen molar-refractivity contribution >= 4 is 18.4 Å². The Morgan fingerprint density at radius 2 is 1.79 bits per heavy atom. The first-order valence-electron chi connectivity index (χ1n) is 11.2. The SMILES string of the molecule is C=CCCCC1C=C2B3C4C=Cc5cccc(c54)C(C)N3C(C)c3cccc1c32. The molecular weight excluding hydrogens is 349 g/mol. The monoisotopic (exact) mass is 377 g/mol. The van der Waals surface area contributed by atoms with Crippen LogP contribution < -0.4 is 0 Å². The van der Waals surface area contributed by atoms with Gasteiger partial charge < -0.3 is 4.81 Å². The van der Waals surface area contributed by atoms with Gasteiger partial charge in [-0.15, -0.1) is 6.58 Å². The average Bonchev–Trinajstić information content (AvgIpc) is 3.33. The minimum Gasteiger partial charge on any atom is -0.325 e. The number of fused-ring (bicyclic) bond motifs is 3. The van der Waals surface area contributed by atoms with Gasteiger partial charge in [-0.2, -0.15) is 0 Å². The maximum absolute atomic E-state index is 3.92. The van der Waals surface area contributed by atoms with E-state index in [4.69, 9.17) is 0 Å². The summed E-state index contributed by atoms with van der Waals surface area (Å²) in [7, 11) is 0. The molecule has 0 radical (unpaired) electrons. The van der Waals surface area contributed by atoms with E-state index in [1.54, 1.807) is 22.2 Å². The zero-order valence-corrected chi connectivity index (χ0v) is 17.4. The first kappa shape index (κ1) is 17.5. The van der Waals surface area contributed by atoms with Crippen molar-refractivity contribution in [2.24, 2.45) is 0 Å². The third-order valence-electron chi connectivity index (χ3n) is 7.89. The van der Waals surface area contributed by atoms with E-state index in [0.717, 1.165) is 6.42 Å². The summed E-state index contributed by atoms with van der Waals surface area (Å²) in [6, 6.07) is 14.8. The number of allylic oxidation sites excluding steroid dienone is 3. The molecule has 0 saturated carbocycles. The quantitative estimate of drug-likeness (QED) is 0.320. The number of rotatable bonds is 4. The summed E-state index contributed by atoms with van der Waals surface area (Å²) >= 11 is 0. The molecule has 2 aromatic rings. The van der Waals surface area contributed by atoms with Gasteiger partial charge in [0.25, 0.3) is 6.85 Å². The van der Waals surface area contributed by atoms with Crippen LogP contribution in [-0.4, -0.2) is 11.7 Å². The Balaban J connectivity index is 1.52. The van der Waals surface area contributed by atoms with Crippen molar-refractivity contribution in [3.63, 3.8) is 0 Å². The van der Waals surface area contributed by atoms with Gasteiger partial charge in [0.1, 0.15) is 0 Å². The normalized spacial score (nSPS) is 28.1. The minimum absolute atomic E-state index is 0.443. The first-order chi connectivity index (χ1) is 14.2. The highest BCUT2D eigenvalue weighted by atomic mass is 15.1. The van der Waals surface area contributed by atoms with Crippen LogP contribution in [0.25, 0.3) is 11.5 Å². The van der Waals surface area contributed by atoms with Crippen LogP contribution in [0.3, 0.4) is 0 Å². The Morgan fingerprint density at radius 3 is 2.66 bits per heavy atom. The van der Waals surface area contributed by atoms with Crippen molar-refractivity contribution in [3.05, 3.63) is 94.6 Å². The lowest BCUT2D eigenvalue weighted by atomic mass is 9.38. The maximum atomic E-state index is 3.92. The van der Waals surface area contributed by atoms with E-state index in [1.165, 1.54) is 29.5 Å². The highest BCUT2D eigenvalue weighted by molar-refractivity contribution is 6.79. The van der Waals surface area contributed by atoms with Crippen molar-refractivity contribution < 1.29 is 0 Å². The van der Waals surface area contributed by atoms with Crippen LogP contribution in [0.4, 0.5) is 0 Å². The largest absolute Gasteiger partial charge is 0.325 e. The maximum Gasteiger partial charge on any atom is 0.270 e. The summed E-state index contributed by atoms with van der Waals surface area (Å²) in [5, 5.41) is 0. The molecule has 0 aromatic heterocycles. The topological polar surface area (TPSA) is 3.24 Å². The molecule has 0 bridgehead atoms. The average molecular weight is 377 g/mol. The predicted molar refractivity (Wildman–Crippen MR) is 124 cm³/mol. The Kier molecular flexibility index (Phi) is 3.83. The molecule has 2 aliphatic carbocycles. The summed E-state index contributed by atoms with van der Waals surface area (Å²) < 4.78 is 0. The van der Waals surface area contributed by atoms with Gasteiger partial charge in [-0.1, -0.05) is 66.2 Å². The smallest absolute Gasteiger partial charge is 0.270 e. The summed E-state index contributed by atoms with van der Waals surface area (Å²) in [5.41, 5.74) is 10.8. The van der Waals surface area contributed by atoms with E-state index >= 15 is 0 Å². The summed E-state index contributed by atoms with van der Waals surface area (Å²) in [6.07, 6.45) is 13.1. The molecule has 0 amide bonds. The fraction of sp³-hybridized carbons (Fsp3) is 0.333. The molecule has 0 saturated heterocycles. The molecule has 6 rings (SSSR count). The molecule has 144 valence electrons. The third kappa shape index (κ3) is 2.27. The predicted octanol–water partition coefficient (Wildman–Crippen LogP) is 6.86. The first-order valence-corrected chi connectivity index (χ1v) is 11.2. The van der Waals surface area contributed by atoms with Crippen molar-refractivity contribution in [3.8, 4) is 0 Å². The van der Waals surface area contributed by atoms with Crippen molar-refractivity contribution in [2.45, 2.75) is 56.9 Å². The number of hydrogen-bond acceptors (Lipinski definition) is 1. The van der Waals surface area contributed by atoms with Crippen LogP contribution in [-0.2, 0) is 0 Å². The molecular formula is C27H28BN. The van der Waals surface area contributed by atoms with Crippen molar-refractivity contribution in [1.82, 2.24) is 4.81 Å². The molecule has 4 aliphatic rings. The Bertz CT molecular complexity index is 1080. The van der Waals surface area contributed by atoms with Gasteiger partial charge in [0.05, 0.1) is 0 Å². The lowest BCUT2D eigenvalue weighted by molar-refractivity contribution is 0.268. The molecule has 0 N–H and O–H groups in total. The van der Waals surface area contributed by atoms with Gasteiger partial charge in [0.15, 0.2) is 0 Å². The lowest BCUT2D eigenvalue weighted by Crippen LogP contribution is -2.52. The second kappa shape index (κ2) is 6.34. The van der Waals surface area contributed by atoms with Gasteiger partial charge in [-0.05, 0) is 66.5 Å². The van der Waals surface area contributed by atoms with Gasteiger partial charge in [-0.3, -0.25) is 0 Å². The van der Waals surface area contributed by atoms with Gasteiger partial charge in [0.2, 0.25) is 0 Å². The molecule has 4 atom stereocenters. The van der Waals surface area contributed by atoms with Crippen molar-refractivity contribution in [2.75, 3.05) is 0 Å². The Hall–Kier alpha value is -2.32. The van der Waals surface area contributed by atoms with Crippen molar-refractivity contribution in [1.29, 1.82) is 0 Å². The molecule has 4 unspecified atom stereocenters. The van der Waals surface area contributed by atoms with Gasteiger partial charge in [-0.25, -0.2) is 0 Å². The Morgan fingerprint density at radius 1 is 1.03 bits per heavy atom. The molecule has 0 fully saturated rings. The number of hydrogen-bond donors (Lipinski definition) is 0. The van der Waals surface area contributed by atoms with Crippen LogP contribution in [0.15, 0.2) is 61.2 Å². The summed E-state index contributed by atoms with van der Waals surface area (Å²) in [6.45, 7) is 9.22. The van der Waals surface area contributed by atoms with E-state index in [0.29, 0.717) is 30.7 Å². The summed E-state index contributed by atoms with van der Waals surface area (Å²) in [4.78, 5) is 2.80. The van der Waals surface area contributed by atoms with Crippen LogP contribution in [0.5, 0.6) is 0 Å². The zero-order valence-electron chi connectivity index (χ0n) is 17.4. The molecule has 2 aliphatic heterocycles. The van der Waals surface area contributed by atoms with E-state index in [-0.39, 0.29) is 0 Å². The minimum atomic E-state index is 0.443. The Labute approximate surface area is 174 Å². The zero-order chi connectivity index (χ0) is 19.7. The fourth-order valence-electron chi connectivity index (χ4n) is 6.68. The van der Waals surface area contributed by atoms with Crippen LogP contribution in [0.2, 0.25) is 0 Å². The lowest BCUT2D eigenvalue weighted by Gasteiger charge is -2.50. The molecule has 2 heterocycles. The molecule has 0 spiro atoms. The number of benzene rings is 2. The number of nitrogens with zero attached hydrogens (tertiary/aromatic N) is 1. The van der Waals surface area contributed by atoms with E-state index in [1.807, 2.05) is 0 Å². The molecule has 2 heteroatoms. The fourth-order valence-corrected chi connectivity index (χ4v) is 6.68. The second-order valence-corrected chi connectivity index (χ2v) is 9.24. The van der Waals surface area contributed by atoms with Gasteiger partial charge in [0, 0.05) is 23.8 Å². The van der Waals surface area contributed by atoms with E-state index < -0.39 is 0 Å². The van der Waals surface area contributed by atoms with E-state index in [9.17, 15) is 0 Å². The highest BCUT2D eigenvalue weighted by Crippen LogP contribution is 2.57. The van der Waals surface area contributed by atoms with E-state index in [2.05, 4.69) is 85.9 Å².